The highest BCUT2D eigenvalue weighted by atomic mass is 16.2. The van der Waals surface area contributed by atoms with Crippen molar-refractivity contribution in [1.82, 2.24) is 10.3 Å². The molecule has 0 aliphatic heterocycles. The number of carbonyl (C=O) groups excluding carboxylic acids is 1. The summed E-state index contributed by atoms with van der Waals surface area (Å²) in [5, 5.41) is 4.06. The third-order valence-corrected chi connectivity index (χ3v) is 2.94. The van der Waals surface area contributed by atoms with Crippen molar-refractivity contribution in [1.29, 1.82) is 0 Å². The minimum absolute atomic E-state index is 0.00952. The number of fused-ring (bicyclic) bond motifs is 1. The summed E-state index contributed by atoms with van der Waals surface area (Å²) in [5.74, 6) is 0.00952. The number of quaternary nitrogens is 1. The topological polar surface area (TPSA) is 72.5 Å². The van der Waals surface area contributed by atoms with Gasteiger partial charge in [-0.05, 0) is 25.5 Å². The fourth-order valence-corrected chi connectivity index (χ4v) is 2.06. The van der Waals surface area contributed by atoms with Crippen LogP contribution in [0.3, 0.4) is 0 Å². The molecule has 18 heavy (non-hydrogen) atoms. The zero-order chi connectivity index (χ0) is 13.1. The lowest BCUT2D eigenvalue weighted by Crippen LogP contribution is -2.68. The van der Waals surface area contributed by atoms with Gasteiger partial charge in [0.15, 0.2) is 6.04 Å². The van der Waals surface area contributed by atoms with Crippen LogP contribution in [0.5, 0.6) is 0 Å². The quantitative estimate of drug-likeness (QED) is 0.735. The molecule has 4 nitrogen and oxygen atoms in total. The average Bonchev–Trinajstić information content (AvgIpc) is 2.72. The molecule has 1 heterocycles. The summed E-state index contributed by atoms with van der Waals surface area (Å²) >= 11 is 0. The van der Waals surface area contributed by atoms with Crippen molar-refractivity contribution in [3.8, 4) is 0 Å². The number of hydrogen-bond acceptors (Lipinski definition) is 1. The Kier molecular flexibility index (Phi) is 3.67. The van der Waals surface area contributed by atoms with Crippen LogP contribution in [0.4, 0.5) is 0 Å². The summed E-state index contributed by atoms with van der Waals surface area (Å²) in [6.07, 6.45) is 2.62. The van der Waals surface area contributed by atoms with E-state index in [1.807, 2.05) is 38.2 Å². The van der Waals surface area contributed by atoms with Crippen molar-refractivity contribution < 1.29 is 10.5 Å². The van der Waals surface area contributed by atoms with Crippen molar-refractivity contribution in [3.63, 3.8) is 0 Å². The van der Waals surface area contributed by atoms with E-state index in [0.717, 1.165) is 11.1 Å². The summed E-state index contributed by atoms with van der Waals surface area (Å²) in [7, 11) is 0. The molecule has 1 aromatic heterocycles. The smallest absolute Gasteiger partial charge is 0.278 e. The fourth-order valence-electron chi connectivity index (χ4n) is 2.06. The first kappa shape index (κ1) is 12.6. The van der Waals surface area contributed by atoms with Gasteiger partial charge in [-0.2, -0.15) is 0 Å². The second kappa shape index (κ2) is 5.23. The lowest BCUT2D eigenvalue weighted by molar-refractivity contribution is -0.403. The molecule has 4 heteroatoms. The maximum absolute atomic E-state index is 11.8. The lowest BCUT2D eigenvalue weighted by atomic mass is 10.0. The molecular weight excluding hydrogens is 226 g/mol. The summed E-state index contributed by atoms with van der Waals surface area (Å²) in [4.78, 5) is 15.0. The number of rotatable bonds is 4. The van der Waals surface area contributed by atoms with E-state index >= 15 is 0 Å². The van der Waals surface area contributed by atoms with Crippen molar-refractivity contribution in [3.05, 3.63) is 36.0 Å². The van der Waals surface area contributed by atoms with Crippen LogP contribution >= 0.6 is 0 Å². The Bertz CT molecular complexity index is 545. The molecule has 0 saturated carbocycles. The molecule has 2 aromatic rings. The van der Waals surface area contributed by atoms with Crippen LogP contribution in [0.25, 0.3) is 10.9 Å². The second-order valence-electron chi connectivity index (χ2n) is 4.92. The van der Waals surface area contributed by atoms with Gasteiger partial charge in [-0.1, -0.05) is 18.2 Å². The van der Waals surface area contributed by atoms with Gasteiger partial charge in [0.2, 0.25) is 0 Å². The van der Waals surface area contributed by atoms with E-state index in [4.69, 9.17) is 0 Å². The standard InChI is InChI=1S/C14H19N3O/c1-9(2)17-14(18)12(15)7-10-8-16-13-6-4-3-5-11(10)13/h3-6,8-9,12,16H,7,15H2,1-2H3,(H,17,18)/p+1/t12-/m1/s1. The summed E-state index contributed by atoms with van der Waals surface area (Å²) in [6.45, 7) is 3.91. The molecule has 0 aliphatic rings. The summed E-state index contributed by atoms with van der Waals surface area (Å²) < 4.78 is 0. The molecule has 2 rings (SSSR count). The summed E-state index contributed by atoms with van der Waals surface area (Å²) in [5.41, 5.74) is 6.19. The maximum Gasteiger partial charge on any atom is 0.278 e. The molecular formula is C14H20N3O+. The van der Waals surface area contributed by atoms with E-state index < -0.39 is 0 Å². The minimum atomic E-state index is -0.258. The van der Waals surface area contributed by atoms with Gasteiger partial charge in [-0.3, -0.25) is 4.79 Å². The van der Waals surface area contributed by atoms with Crippen molar-refractivity contribution in [2.45, 2.75) is 32.4 Å². The molecule has 1 atom stereocenters. The van der Waals surface area contributed by atoms with Gasteiger partial charge in [0.1, 0.15) is 0 Å². The van der Waals surface area contributed by atoms with E-state index in [1.54, 1.807) is 0 Å². The predicted molar refractivity (Wildman–Crippen MR) is 72.0 cm³/mol. The van der Waals surface area contributed by atoms with Gasteiger partial charge in [-0.15, -0.1) is 0 Å². The zero-order valence-electron chi connectivity index (χ0n) is 10.9. The Labute approximate surface area is 107 Å². The van der Waals surface area contributed by atoms with Crippen molar-refractivity contribution in [2.24, 2.45) is 0 Å². The number of nitrogens with one attached hydrogen (secondary N) is 2. The zero-order valence-corrected chi connectivity index (χ0v) is 10.9. The highest BCUT2D eigenvalue weighted by Crippen LogP contribution is 2.18. The van der Waals surface area contributed by atoms with Crippen LogP contribution in [-0.4, -0.2) is 23.0 Å². The number of hydrogen-bond donors (Lipinski definition) is 3. The number of aromatic nitrogens is 1. The Morgan fingerprint density at radius 1 is 1.39 bits per heavy atom. The molecule has 1 aromatic carbocycles. The van der Waals surface area contributed by atoms with Crippen LogP contribution in [0, 0.1) is 0 Å². The summed E-state index contributed by atoms with van der Waals surface area (Å²) in [6, 6.07) is 8.00. The third-order valence-electron chi connectivity index (χ3n) is 2.94. The minimum Gasteiger partial charge on any atom is -0.361 e. The molecule has 0 radical (unpaired) electrons. The van der Waals surface area contributed by atoms with Gasteiger partial charge in [0.05, 0.1) is 0 Å². The Balaban J connectivity index is 2.11. The third kappa shape index (κ3) is 2.71. The largest absolute Gasteiger partial charge is 0.361 e. The number of benzene rings is 1. The van der Waals surface area contributed by atoms with Crippen LogP contribution in [0.15, 0.2) is 30.5 Å². The molecule has 5 N–H and O–H groups in total. The fraction of sp³-hybridized carbons (Fsp3) is 0.357. The van der Waals surface area contributed by atoms with Crippen LogP contribution in [-0.2, 0) is 11.2 Å². The molecule has 1 amide bonds. The first-order valence-corrected chi connectivity index (χ1v) is 6.26. The normalized spacial score (nSPS) is 12.9. The first-order valence-electron chi connectivity index (χ1n) is 6.26. The van der Waals surface area contributed by atoms with Crippen molar-refractivity contribution in [2.75, 3.05) is 0 Å². The van der Waals surface area contributed by atoms with Crippen LogP contribution in [0.2, 0.25) is 0 Å². The van der Waals surface area contributed by atoms with Crippen LogP contribution in [0.1, 0.15) is 19.4 Å². The van der Waals surface area contributed by atoms with E-state index in [0.29, 0.717) is 6.42 Å². The maximum atomic E-state index is 11.8. The first-order chi connectivity index (χ1) is 8.58. The molecule has 0 saturated heterocycles. The van der Waals surface area contributed by atoms with Crippen LogP contribution < -0.4 is 11.1 Å². The Hall–Kier alpha value is -1.81. The average molecular weight is 246 g/mol. The van der Waals surface area contributed by atoms with E-state index in [-0.39, 0.29) is 18.0 Å². The van der Waals surface area contributed by atoms with E-state index in [1.165, 1.54) is 5.39 Å². The van der Waals surface area contributed by atoms with Crippen molar-refractivity contribution >= 4 is 16.8 Å². The van der Waals surface area contributed by atoms with Gasteiger partial charge < -0.3 is 16.0 Å². The van der Waals surface area contributed by atoms with Gasteiger partial charge in [-0.25, -0.2) is 0 Å². The van der Waals surface area contributed by atoms with Gasteiger partial charge >= 0.3 is 0 Å². The Morgan fingerprint density at radius 3 is 2.83 bits per heavy atom. The molecule has 0 unspecified atom stereocenters. The highest BCUT2D eigenvalue weighted by Gasteiger charge is 2.19. The van der Waals surface area contributed by atoms with Gasteiger partial charge in [0, 0.05) is 29.6 Å². The molecule has 0 aliphatic carbocycles. The second-order valence-corrected chi connectivity index (χ2v) is 4.92. The highest BCUT2D eigenvalue weighted by molar-refractivity contribution is 5.85. The lowest BCUT2D eigenvalue weighted by Gasteiger charge is -2.11. The number of carbonyl (C=O) groups is 1. The SMILES string of the molecule is CC(C)NC(=O)[C@H]([NH3+])Cc1c[nH]c2ccccc12. The number of para-hydroxylation sites is 1. The number of amides is 1. The van der Waals surface area contributed by atoms with Gasteiger partial charge in [0.25, 0.3) is 5.91 Å². The molecule has 0 bridgehead atoms. The van der Waals surface area contributed by atoms with E-state index in [9.17, 15) is 4.79 Å². The number of H-pyrrole nitrogens is 1. The predicted octanol–water partition coefficient (Wildman–Crippen LogP) is 0.846. The van der Waals surface area contributed by atoms with E-state index in [2.05, 4.69) is 22.1 Å². The monoisotopic (exact) mass is 246 g/mol. The molecule has 0 spiro atoms. The Morgan fingerprint density at radius 2 is 2.11 bits per heavy atom. The molecule has 96 valence electrons. The number of aromatic amines is 1. The molecule has 0 fully saturated rings.